The Hall–Kier alpha value is -0.0938. The maximum Gasteiger partial charge on any atom is 2.00 e. The van der Waals surface area contributed by atoms with Crippen molar-refractivity contribution in [2.24, 2.45) is 0 Å². The van der Waals surface area contributed by atoms with Crippen LogP contribution in [0.15, 0.2) is 0 Å². The predicted octanol–water partition coefficient (Wildman–Crippen LogP) is -1.90. The Labute approximate surface area is 57.9 Å². The van der Waals surface area contributed by atoms with Crippen LogP contribution in [-0.4, -0.2) is 35.8 Å². The molecule has 0 bridgehead atoms. The van der Waals surface area contributed by atoms with Crippen molar-refractivity contribution in [3.63, 3.8) is 0 Å². The molecule has 0 aliphatic carbocycles. The molecule has 0 fully saturated rings. The van der Waals surface area contributed by atoms with E-state index in [1.54, 1.807) is 0 Å². The largest absolute Gasteiger partial charge is 2.00 e. The van der Waals surface area contributed by atoms with Crippen LogP contribution < -0.4 is 5.11 Å². The molecule has 0 saturated carbocycles. The molecular formula is C3H4MgO3. The maximum absolute atomic E-state index is 8.89. The van der Waals surface area contributed by atoms with Crippen LogP contribution in [0.1, 0.15) is 6.92 Å². The van der Waals surface area contributed by atoms with Crippen LogP contribution in [0.2, 0.25) is 0 Å². The van der Waals surface area contributed by atoms with Crippen LogP contribution in [0.3, 0.4) is 0 Å². The number of carboxylic acid groups (broad SMARTS) is 1. The molecule has 0 spiro atoms. The molecular weight excluding hydrogens is 108 g/mol. The van der Waals surface area contributed by atoms with Crippen molar-refractivity contribution in [3.8, 4) is 0 Å². The maximum atomic E-state index is 8.89. The Balaban J connectivity index is -0.0000000480. The summed E-state index contributed by atoms with van der Waals surface area (Å²) in [6.45, 7) is 4.22. The Morgan fingerprint density at radius 2 is 1.57 bits per heavy atom. The molecule has 0 aliphatic heterocycles. The zero-order valence-electron chi connectivity index (χ0n) is 4.01. The molecule has 0 unspecified atom stereocenters. The average molecular weight is 112 g/mol. The molecule has 0 atom stereocenters. The van der Waals surface area contributed by atoms with Gasteiger partial charge < -0.3 is 14.7 Å². The van der Waals surface area contributed by atoms with Gasteiger partial charge in [0.25, 0.3) is 0 Å². The van der Waals surface area contributed by atoms with Crippen molar-refractivity contribution in [1.29, 1.82) is 0 Å². The second kappa shape index (κ2) is 16.8. The van der Waals surface area contributed by atoms with Crippen LogP contribution in [0.5, 0.6) is 0 Å². The summed E-state index contributed by atoms with van der Waals surface area (Å²) in [6, 6.07) is 0. The van der Waals surface area contributed by atoms with Gasteiger partial charge in [0.05, 0.1) is 0 Å². The monoisotopic (exact) mass is 112 g/mol. The van der Waals surface area contributed by atoms with Crippen molar-refractivity contribution in [2.45, 2.75) is 6.92 Å². The molecule has 0 heterocycles. The molecule has 0 aromatic heterocycles. The zero-order valence-corrected chi connectivity index (χ0v) is 5.42. The number of carbonyl (C=O) groups is 1. The van der Waals surface area contributed by atoms with E-state index in [0.717, 1.165) is 6.92 Å². The third kappa shape index (κ3) is 10300. The van der Waals surface area contributed by atoms with E-state index in [0.29, 0.717) is 0 Å². The molecule has 36 valence electrons. The third-order valence-corrected chi connectivity index (χ3v) is 0. The van der Waals surface area contributed by atoms with E-state index >= 15 is 0 Å². The molecule has 3 nitrogen and oxygen atoms in total. The predicted molar refractivity (Wildman–Crippen MR) is 23.2 cm³/mol. The van der Waals surface area contributed by atoms with Gasteiger partial charge >= 0.3 is 23.1 Å². The molecule has 0 aliphatic rings. The first-order chi connectivity index (χ1) is 2.73. The second-order valence-electron chi connectivity index (χ2n) is 0.492. The van der Waals surface area contributed by atoms with Gasteiger partial charge in [-0.2, -0.15) is 0 Å². The van der Waals surface area contributed by atoms with Crippen molar-refractivity contribution >= 4 is 35.8 Å². The minimum atomic E-state index is -1.08. The first kappa shape index (κ1) is 15.8. The van der Waals surface area contributed by atoms with Gasteiger partial charge in [0, 0.05) is 5.97 Å². The van der Waals surface area contributed by atoms with Gasteiger partial charge in [-0.3, -0.25) is 6.79 Å². The summed E-state index contributed by atoms with van der Waals surface area (Å²) in [4.78, 5) is 16.6. The number of hydrogen-bond acceptors (Lipinski definition) is 3. The van der Waals surface area contributed by atoms with E-state index in [2.05, 4.69) is 6.79 Å². The molecule has 0 rings (SSSR count). The summed E-state index contributed by atoms with van der Waals surface area (Å²) in [5.41, 5.74) is 0. The van der Waals surface area contributed by atoms with E-state index < -0.39 is 5.97 Å². The Morgan fingerprint density at radius 1 is 1.57 bits per heavy atom. The van der Waals surface area contributed by atoms with Gasteiger partial charge in [-0.1, -0.05) is 0 Å². The Bertz CT molecular complexity index is 41.4. The molecule has 0 radical (unpaired) electrons. The first-order valence-electron chi connectivity index (χ1n) is 1.14. The zero-order chi connectivity index (χ0) is 5.58. The Kier molecular flexibility index (Phi) is 38.0. The van der Waals surface area contributed by atoms with Crippen molar-refractivity contribution < 1.29 is 14.7 Å². The smallest absolute Gasteiger partial charge is 0.550 e. The standard InChI is InChI=1S/C2H4O2.CHO.Mg/c1-2(3)4;1-2;/h1H3,(H,3,4);1H;/q;-1;+2/p-1. The molecule has 0 amide bonds. The van der Waals surface area contributed by atoms with Gasteiger partial charge in [0.15, 0.2) is 0 Å². The van der Waals surface area contributed by atoms with Crippen LogP contribution in [0.4, 0.5) is 0 Å². The summed E-state index contributed by atoms with van der Waals surface area (Å²) >= 11 is 0. The number of hydrogen-bond donors (Lipinski definition) is 0. The third-order valence-electron chi connectivity index (χ3n) is 0. The molecule has 4 heteroatoms. The fourth-order valence-corrected chi connectivity index (χ4v) is 0. The van der Waals surface area contributed by atoms with E-state index in [4.69, 9.17) is 14.7 Å². The van der Waals surface area contributed by atoms with E-state index in [1.807, 2.05) is 0 Å². The van der Waals surface area contributed by atoms with Gasteiger partial charge in [0.1, 0.15) is 0 Å². The van der Waals surface area contributed by atoms with E-state index in [9.17, 15) is 0 Å². The summed E-state index contributed by atoms with van der Waals surface area (Å²) in [5, 5.41) is 8.89. The fourth-order valence-electron chi connectivity index (χ4n) is 0. The number of rotatable bonds is 0. The van der Waals surface area contributed by atoms with Crippen molar-refractivity contribution in [2.75, 3.05) is 0 Å². The van der Waals surface area contributed by atoms with Crippen molar-refractivity contribution in [1.82, 2.24) is 0 Å². The minimum Gasteiger partial charge on any atom is -0.550 e. The summed E-state index contributed by atoms with van der Waals surface area (Å²) in [6.07, 6.45) is 0. The number of carbonyl (C=O) groups excluding carboxylic acids is 2. The quantitative estimate of drug-likeness (QED) is 0.209. The van der Waals surface area contributed by atoms with Crippen LogP contribution in [0, 0.1) is 0 Å². The first-order valence-corrected chi connectivity index (χ1v) is 1.14. The van der Waals surface area contributed by atoms with Gasteiger partial charge in [0.2, 0.25) is 0 Å². The van der Waals surface area contributed by atoms with Gasteiger partial charge in [-0.25, -0.2) is 0 Å². The Morgan fingerprint density at radius 3 is 1.57 bits per heavy atom. The molecule has 0 aromatic carbocycles. The van der Waals surface area contributed by atoms with Crippen molar-refractivity contribution in [3.05, 3.63) is 0 Å². The van der Waals surface area contributed by atoms with Crippen LogP contribution >= 0.6 is 0 Å². The summed E-state index contributed by atoms with van der Waals surface area (Å²) < 4.78 is 0. The van der Waals surface area contributed by atoms with Crippen LogP contribution in [0.25, 0.3) is 0 Å². The number of aliphatic carboxylic acids is 1. The molecule has 0 N–H and O–H groups in total. The second-order valence-corrected chi connectivity index (χ2v) is 0.492. The minimum absolute atomic E-state index is 0. The summed E-state index contributed by atoms with van der Waals surface area (Å²) in [7, 11) is 0. The summed E-state index contributed by atoms with van der Waals surface area (Å²) in [5.74, 6) is -1.08. The van der Waals surface area contributed by atoms with E-state index in [-0.39, 0.29) is 23.1 Å². The SMILES string of the molecule is CC(=O)[O-].[CH-]=O.[Mg+2]. The fraction of sp³-hybridized carbons (Fsp3) is 0.333. The topological polar surface area (TPSA) is 57.2 Å². The molecule has 0 aromatic rings. The average Bonchev–Trinajstić information content (AvgIpc) is 1.41. The number of carboxylic acids is 1. The normalized spacial score (nSPS) is 4.14. The van der Waals surface area contributed by atoms with Gasteiger partial charge in [-0.15, -0.1) is 0 Å². The van der Waals surface area contributed by atoms with E-state index in [1.165, 1.54) is 0 Å². The van der Waals surface area contributed by atoms with Crippen LogP contribution in [-0.2, 0) is 9.59 Å². The molecule has 0 saturated heterocycles. The molecule has 7 heavy (non-hydrogen) atoms. The van der Waals surface area contributed by atoms with Gasteiger partial charge in [-0.05, 0) is 6.92 Å².